The molecule has 0 aliphatic carbocycles. The van der Waals surface area contributed by atoms with Gasteiger partial charge in [0.05, 0.1) is 18.1 Å². The summed E-state index contributed by atoms with van der Waals surface area (Å²) in [4.78, 5) is 11.7. The topological polar surface area (TPSA) is 81.7 Å². The molecule has 0 saturated carbocycles. The predicted octanol–water partition coefficient (Wildman–Crippen LogP) is 1.85. The minimum atomic E-state index is -3.81. The summed E-state index contributed by atoms with van der Waals surface area (Å²) in [7, 11) is -2.27. The number of methoxy groups -OCH3 is 1. The zero-order valence-electron chi connectivity index (χ0n) is 13.8. The van der Waals surface area contributed by atoms with Crippen molar-refractivity contribution in [1.29, 1.82) is 0 Å². The van der Waals surface area contributed by atoms with Gasteiger partial charge in [-0.05, 0) is 57.4 Å². The number of sulfonamides is 1. The quantitative estimate of drug-likeness (QED) is 0.806. The molecular formula is C15H23NO5S. The van der Waals surface area contributed by atoms with Crippen LogP contribution in [0.3, 0.4) is 0 Å². The number of hydrogen-bond acceptors (Lipinski definition) is 5. The minimum Gasteiger partial charge on any atom is -0.496 e. The number of carbonyl (C=O) groups excluding carboxylic acids is 1. The number of nitrogens with one attached hydrogen (secondary N) is 1. The fourth-order valence-corrected chi connectivity index (χ4v) is 3.67. The van der Waals surface area contributed by atoms with Gasteiger partial charge in [0.2, 0.25) is 10.0 Å². The second-order valence-electron chi connectivity index (χ2n) is 5.34. The molecule has 1 N–H and O–H groups in total. The smallest absolute Gasteiger partial charge is 0.321 e. The number of rotatable bonds is 6. The van der Waals surface area contributed by atoms with E-state index in [-0.39, 0.29) is 11.0 Å². The molecule has 1 rings (SSSR count). The Kier molecular flexibility index (Phi) is 5.96. The van der Waals surface area contributed by atoms with Crippen LogP contribution in [0.4, 0.5) is 0 Å². The van der Waals surface area contributed by atoms with Gasteiger partial charge in [0.1, 0.15) is 12.3 Å². The average molecular weight is 329 g/mol. The van der Waals surface area contributed by atoms with Crippen molar-refractivity contribution < 1.29 is 22.7 Å². The molecule has 1 aromatic rings. The summed E-state index contributed by atoms with van der Waals surface area (Å²) < 4.78 is 37.3. The van der Waals surface area contributed by atoms with Crippen molar-refractivity contribution in [3.8, 4) is 5.75 Å². The zero-order chi connectivity index (χ0) is 17.1. The first kappa shape index (κ1) is 18.4. The molecule has 0 aromatic heterocycles. The summed E-state index contributed by atoms with van der Waals surface area (Å²) in [5.74, 6) is 0.0206. The number of esters is 1. The first-order valence-electron chi connectivity index (χ1n) is 6.94. The third kappa shape index (κ3) is 4.20. The van der Waals surface area contributed by atoms with Gasteiger partial charge in [0.25, 0.3) is 0 Å². The van der Waals surface area contributed by atoms with E-state index in [1.54, 1.807) is 40.7 Å². The van der Waals surface area contributed by atoms with Gasteiger partial charge in [-0.3, -0.25) is 4.79 Å². The number of aryl methyl sites for hydroxylation is 1. The van der Waals surface area contributed by atoms with Gasteiger partial charge in [-0.2, -0.15) is 4.72 Å². The van der Waals surface area contributed by atoms with E-state index in [1.165, 1.54) is 7.11 Å². The maximum atomic E-state index is 12.5. The molecule has 0 saturated heterocycles. The highest BCUT2D eigenvalue weighted by molar-refractivity contribution is 7.89. The second kappa shape index (κ2) is 7.11. The van der Waals surface area contributed by atoms with Crippen molar-refractivity contribution in [2.75, 3.05) is 13.7 Å². The Morgan fingerprint density at radius 1 is 1.23 bits per heavy atom. The van der Waals surface area contributed by atoms with E-state index in [9.17, 15) is 13.2 Å². The number of benzene rings is 1. The minimum absolute atomic E-state index is 0.170. The Balaban J connectivity index is 3.09. The highest BCUT2D eigenvalue weighted by Gasteiger charge is 2.23. The van der Waals surface area contributed by atoms with Gasteiger partial charge in [-0.15, -0.1) is 0 Å². The molecule has 0 spiro atoms. The summed E-state index contributed by atoms with van der Waals surface area (Å²) in [5.41, 5.74) is 1.91. The number of ether oxygens (including phenoxy) is 2. The lowest BCUT2D eigenvalue weighted by molar-refractivity contribution is -0.145. The summed E-state index contributed by atoms with van der Waals surface area (Å²) in [6.45, 7) is 8.20. The molecule has 7 heteroatoms. The summed E-state index contributed by atoms with van der Waals surface area (Å²) in [6.07, 6.45) is -0.288. The van der Waals surface area contributed by atoms with Gasteiger partial charge in [0, 0.05) is 0 Å². The standard InChI is InChI=1S/C15H23NO5S/c1-9(2)21-14(17)8-16-22(18,19)15-10(3)7-13(20-6)11(4)12(15)5/h7,9,16H,8H2,1-6H3. The van der Waals surface area contributed by atoms with Gasteiger partial charge in [-0.25, -0.2) is 8.42 Å². The fraction of sp³-hybridized carbons (Fsp3) is 0.533. The Bertz CT molecular complexity index is 665. The van der Waals surface area contributed by atoms with E-state index in [0.29, 0.717) is 16.9 Å². The van der Waals surface area contributed by atoms with Gasteiger partial charge < -0.3 is 9.47 Å². The van der Waals surface area contributed by atoms with Crippen molar-refractivity contribution in [2.45, 2.75) is 45.6 Å². The summed E-state index contributed by atoms with van der Waals surface area (Å²) in [6, 6.07) is 1.67. The second-order valence-corrected chi connectivity index (χ2v) is 7.04. The summed E-state index contributed by atoms with van der Waals surface area (Å²) >= 11 is 0. The lowest BCUT2D eigenvalue weighted by atomic mass is 10.1. The highest BCUT2D eigenvalue weighted by atomic mass is 32.2. The van der Waals surface area contributed by atoms with E-state index in [1.807, 2.05) is 0 Å². The van der Waals surface area contributed by atoms with E-state index in [4.69, 9.17) is 9.47 Å². The van der Waals surface area contributed by atoms with Crippen molar-refractivity contribution in [2.24, 2.45) is 0 Å². The van der Waals surface area contributed by atoms with Gasteiger partial charge in [-0.1, -0.05) is 0 Å². The molecular weight excluding hydrogens is 306 g/mol. The summed E-state index contributed by atoms with van der Waals surface area (Å²) in [5, 5.41) is 0. The van der Waals surface area contributed by atoms with Crippen LogP contribution in [-0.4, -0.2) is 34.1 Å². The van der Waals surface area contributed by atoms with Crippen LogP contribution in [0.5, 0.6) is 5.75 Å². The Labute approximate surface area is 131 Å². The van der Waals surface area contributed by atoms with Crippen LogP contribution in [0.25, 0.3) is 0 Å². The molecule has 6 nitrogen and oxygen atoms in total. The Morgan fingerprint density at radius 2 is 1.82 bits per heavy atom. The molecule has 0 atom stereocenters. The highest BCUT2D eigenvalue weighted by Crippen LogP contribution is 2.30. The van der Waals surface area contributed by atoms with Gasteiger partial charge >= 0.3 is 5.97 Å². The van der Waals surface area contributed by atoms with Crippen LogP contribution in [0.1, 0.15) is 30.5 Å². The first-order chi connectivity index (χ1) is 10.1. The molecule has 0 fully saturated rings. The molecule has 1 aromatic carbocycles. The van der Waals surface area contributed by atoms with Crippen LogP contribution in [0.15, 0.2) is 11.0 Å². The lowest BCUT2D eigenvalue weighted by Gasteiger charge is -2.16. The molecule has 0 heterocycles. The average Bonchev–Trinajstić information content (AvgIpc) is 2.40. The molecule has 22 heavy (non-hydrogen) atoms. The van der Waals surface area contributed by atoms with Crippen LogP contribution in [0.2, 0.25) is 0 Å². The molecule has 0 radical (unpaired) electrons. The van der Waals surface area contributed by atoms with E-state index < -0.39 is 22.5 Å². The normalized spacial score (nSPS) is 11.6. The Morgan fingerprint density at radius 3 is 2.32 bits per heavy atom. The monoisotopic (exact) mass is 329 g/mol. The van der Waals surface area contributed by atoms with E-state index in [0.717, 1.165) is 5.56 Å². The number of hydrogen-bond donors (Lipinski definition) is 1. The SMILES string of the molecule is COc1cc(C)c(S(=O)(=O)NCC(=O)OC(C)C)c(C)c1C. The first-order valence-corrected chi connectivity index (χ1v) is 8.42. The van der Waals surface area contributed by atoms with Crippen LogP contribution < -0.4 is 9.46 Å². The Hall–Kier alpha value is -1.60. The lowest BCUT2D eigenvalue weighted by Crippen LogP contribution is -2.32. The molecule has 0 unspecified atom stereocenters. The number of carbonyl (C=O) groups is 1. The maximum absolute atomic E-state index is 12.5. The van der Waals surface area contributed by atoms with Crippen molar-refractivity contribution in [1.82, 2.24) is 4.72 Å². The van der Waals surface area contributed by atoms with Crippen LogP contribution in [-0.2, 0) is 19.6 Å². The fourth-order valence-electron chi connectivity index (χ4n) is 2.18. The van der Waals surface area contributed by atoms with Crippen molar-refractivity contribution >= 4 is 16.0 Å². The molecule has 0 aliphatic heterocycles. The molecule has 124 valence electrons. The third-order valence-electron chi connectivity index (χ3n) is 3.24. The largest absolute Gasteiger partial charge is 0.496 e. The van der Waals surface area contributed by atoms with Crippen LogP contribution in [0, 0.1) is 20.8 Å². The van der Waals surface area contributed by atoms with E-state index in [2.05, 4.69) is 4.72 Å². The zero-order valence-corrected chi connectivity index (χ0v) is 14.6. The van der Waals surface area contributed by atoms with E-state index >= 15 is 0 Å². The van der Waals surface area contributed by atoms with Crippen molar-refractivity contribution in [3.63, 3.8) is 0 Å². The van der Waals surface area contributed by atoms with Crippen molar-refractivity contribution in [3.05, 3.63) is 22.8 Å². The molecule has 0 aliphatic rings. The third-order valence-corrected chi connectivity index (χ3v) is 4.93. The molecule has 0 amide bonds. The van der Waals surface area contributed by atoms with Crippen LogP contribution >= 0.6 is 0 Å². The molecule has 0 bridgehead atoms. The predicted molar refractivity (Wildman–Crippen MR) is 83.6 cm³/mol. The van der Waals surface area contributed by atoms with Gasteiger partial charge in [0.15, 0.2) is 0 Å². The maximum Gasteiger partial charge on any atom is 0.321 e.